The standard InChI is InChI=1S/C13H20BrFN2O2/c1-18-7-5-17(6-8-19-2)11-4-3-10(9-16)12(14)13(11)15/h3-4H,5-9,16H2,1-2H3. The monoisotopic (exact) mass is 334 g/mol. The van der Waals surface area contributed by atoms with Crippen molar-refractivity contribution >= 4 is 21.6 Å². The van der Waals surface area contributed by atoms with Gasteiger partial charge in [-0.1, -0.05) is 6.07 Å². The van der Waals surface area contributed by atoms with Gasteiger partial charge in [0.1, 0.15) is 0 Å². The van der Waals surface area contributed by atoms with Crippen LogP contribution in [0.4, 0.5) is 10.1 Å². The Balaban J connectivity index is 2.97. The van der Waals surface area contributed by atoms with Crippen LogP contribution >= 0.6 is 15.9 Å². The molecule has 1 rings (SSSR count). The molecule has 2 N–H and O–H groups in total. The Hall–Kier alpha value is -0.690. The minimum atomic E-state index is -0.296. The number of rotatable bonds is 8. The molecule has 0 spiro atoms. The second-order valence-electron chi connectivity index (χ2n) is 4.05. The van der Waals surface area contributed by atoms with Crippen molar-refractivity contribution in [2.24, 2.45) is 5.73 Å². The molecule has 0 heterocycles. The van der Waals surface area contributed by atoms with E-state index >= 15 is 0 Å². The highest BCUT2D eigenvalue weighted by Crippen LogP contribution is 2.29. The first-order valence-electron chi connectivity index (χ1n) is 6.05. The highest BCUT2D eigenvalue weighted by atomic mass is 79.9. The molecule has 0 saturated carbocycles. The van der Waals surface area contributed by atoms with Gasteiger partial charge in [-0.3, -0.25) is 0 Å². The molecule has 1 aromatic carbocycles. The normalized spacial score (nSPS) is 10.8. The zero-order valence-electron chi connectivity index (χ0n) is 11.3. The lowest BCUT2D eigenvalue weighted by molar-refractivity contribution is 0.190. The first kappa shape index (κ1) is 16.4. The van der Waals surface area contributed by atoms with Crippen molar-refractivity contribution in [1.29, 1.82) is 0 Å². The van der Waals surface area contributed by atoms with Crippen molar-refractivity contribution in [1.82, 2.24) is 0 Å². The maximum Gasteiger partial charge on any atom is 0.160 e. The molecule has 4 nitrogen and oxygen atoms in total. The average molecular weight is 335 g/mol. The smallest absolute Gasteiger partial charge is 0.160 e. The summed E-state index contributed by atoms with van der Waals surface area (Å²) in [5.74, 6) is -0.296. The Morgan fingerprint density at radius 2 is 1.79 bits per heavy atom. The number of ether oxygens (including phenoxy) is 2. The molecule has 0 amide bonds. The Labute approximate surface area is 121 Å². The lowest BCUT2D eigenvalue weighted by Gasteiger charge is -2.25. The Morgan fingerprint density at radius 3 is 2.26 bits per heavy atom. The first-order valence-corrected chi connectivity index (χ1v) is 6.84. The van der Waals surface area contributed by atoms with Gasteiger partial charge in [0, 0.05) is 33.9 Å². The van der Waals surface area contributed by atoms with E-state index in [-0.39, 0.29) is 5.82 Å². The molecule has 0 atom stereocenters. The summed E-state index contributed by atoms with van der Waals surface area (Å²) >= 11 is 3.25. The van der Waals surface area contributed by atoms with Crippen LogP contribution in [0.15, 0.2) is 16.6 Å². The third kappa shape index (κ3) is 4.42. The number of nitrogens with two attached hydrogens (primary N) is 1. The summed E-state index contributed by atoms with van der Waals surface area (Å²) < 4.78 is 24.9. The lowest BCUT2D eigenvalue weighted by Crippen LogP contribution is -2.31. The zero-order chi connectivity index (χ0) is 14.3. The third-order valence-electron chi connectivity index (χ3n) is 2.83. The number of nitrogens with zero attached hydrogens (tertiary/aromatic N) is 1. The van der Waals surface area contributed by atoms with Crippen LogP contribution in [-0.2, 0) is 16.0 Å². The third-order valence-corrected chi connectivity index (χ3v) is 3.69. The van der Waals surface area contributed by atoms with E-state index in [1.807, 2.05) is 11.0 Å². The van der Waals surface area contributed by atoms with Crippen LogP contribution in [0.25, 0.3) is 0 Å². The number of hydrogen-bond donors (Lipinski definition) is 1. The fourth-order valence-electron chi connectivity index (χ4n) is 1.74. The summed E-state index contributed by atoms with van der Waals surface area (Å²) in [5, 5.41) is 0. The van der Waals surface area contributed by atoms with Crippen LogP contribution in [0, 0.1) is 5.82 Å². The van der Waals surface area contributed by atoms with Crippen LogP contribution in [0.1, 0.15) is 5.56 Å². The summed E-state index contributed by atoms with van der Waals surface area (Å²) in [6, 6.07) is 3.57. The SMILES string of the molecule is COCCN(CCOC)c1ccc(CN)c(Br)c1F. The van der Waals surface area contributed by atoms with Crippen molar-refractivity contribution in [2.45, 2.75) is 6.54 Å². The van der Waals surface area contributed by atoms with E-state index in [1.54, 1.807) is 20.3 Å². The maximum atomic E-state index is 14.3. The van der Waals surface area contributed by atoms with Crippen LogP contribution in [-0.4, -0.2) is 40.5 Å². The van der Waals surface area contributed by atoms with Gasteiger partial charge in [0.2, 0.25) is 0 Å². The number of benzene rings is 1. The van der Waals surface area contributed by atoms with E-state index in [4.69, 9.17) is 15.2 Å². The van der Waals surface area contributed by atoms with Crippen molar-refractivity contribution in [2.75, 3.05) is 45.4 Å². The average Bonchev–Trinajstić information content (AvgIpc) is 2.43. The molecule has 0 aliphatic carbocycles. The summed E-state index contributed by atoms with van der Waals surface area (Å²) in [6.07, 6.45) is 0. The van der Waals surface area contributed by atoms with Gasteiger partial charge in [0.05, 0.1) is 23.4 Å². The van der Waals surface area contributed by atoms with Gasteiger partial charge in [0.15, 0.2) is 5.82 Å². The van der Waals surface area contributed by atoms with E-state index in [0.29, 0.717) is 43.0 Å². The predicted molar refractivity (Wildman–Crippen MR) is 78.0 cm³/mol. The second kappa shape index (κ2) is 8.47. The van der Waals surface area contributed by atoms with Crippen molar-refractivity contribution < 1.29 is 13.9 Å². The fourth-order valence-corrected chi connectivity index (χ4v) is 2.23. The van der Waals surface area contributed by atoms with Crippen molar-refractivity contribution in [3.8, 4) is 0 Å². The molecule has 0 fully saturated rings. The topological polar surface area (TPSA) is 47.7 Å². The molecule has 1 aromatic rings. The Morgan fingerprint density at radius 1 is 1.21 bits per heavy atom. The predicted octanol–water partition coefficient (Wildman–Crippen LogP) is 2.15. The second-order valence-corrected chi connectivity index (χ2v) is 4.84. The van der Waals surface area contributed by atoms with E-state index in [0.717, 1.165) is 5.56 Å². The van der Waals surface area contributed by atoms with Gasteiger partial charge in [0.25, 0.3) is 0 Å². The van der Waals surface area contributed by atoms with Gasteiger partial charge in [-0.15, -0.1) is 0 Å². The minimum absolute atomic E-state index is 0.296. The Bertz CT molecular complexity index is 396. The molecule has 0 aliphatic rings. The number of halogens is 2. The van der Waals surface area contributed by atoms with Gasteiger partial charge in [-0.2, -0.15) is 0 Å². The first-order chi connectivity index (χ1) is 9.15. The number of anilines is 1. The van der Waals surface area contributed by atoms with Crippen molar-refractivity contribution in [3.05, 3.63) is 28.0 Å². The van der Waals surface area contributed by atoms with E-state index < -0.39 is 0 Å². The highest BCUT2D eigenvalue weighted by molar-refractivity contribution is 9.10. The molecule has 0 saturated heterocycles. The molecular formula is C13H20BrFN2O2. The minimum Gasteiger partial charge on any atom is -0.383 e. The molecule has 6 heteroatoms. The molecule has 19 heavy (non-hydrogen) atoms. The quantitative estimate of drug-likeness (QED) is 0.791. The van der Waals surface area contributed by atoms with Crippen molar-refractivity contribution in [3.63, 3.8) is 0 Å². The maximum absolute atomic E-state index is 14.3. The molecule has 0 unspecified atom stereocenters. The van der Waals surface area contributed by atoms with E-state index in [9.17, 15) is 4.39 Å². The van der Waals surface area contributed by atoms with Crippen LogP contribution in [0.3, 0.4) is 0 Å². The molecule has 108 valence electrons. The zero-order valence-corrected chi connectivity index (χ0v) is 12.9. The summed E-state index contributed by atoms with van der Waals surface area (Å²) in [7, 11) is 3.25. The van der Waals surface area contributed by atoms with Gasteiger partial charge in [-0.05, 0) is 27.6 Å². The van der Waals surface area contributed by atoms with E-state index in [2.05, 4.69) is 15.9 Å². The molecule has 0 aromatic heterocycles. The largest absolute Gasteiger partial charge is 0.383 e. The summed E-state index contributed by atoms with van der Waals surface area (Å²) in [4.78, 5) is 1.90. The molecule has 0 bridgehead atoms. The van der Waals surface area contributed by atoms with Gasteiger partial charge < -0.3 is 20.1 Å². The molecular weight excluding hydrogens is 315 g/mol. The Kier molecular flexibility index (Phi) is 7.30. The van der Waals surface area contributed by atoms with Gasteiger partial charge in [-0.25, -0.2) is 4.39 Å². The van der Waals surface area contributed by atoms with Crippen LogP contribution < -0.4 is 10.6 Å². The van der Waals surface area contributed by atoms with Gasteiger partial charge >= 0.3 is 0 Å². The number of methoxy groups -OCH3 is 2. The number of hydrogen-bond acceptors (Lipinski definition) is 4. The fraction of sp³-hybridized carbons (Fsp3) is 0.538. The summed E-state index contributed by atoms with van der Waals surface area (Å²) in [6.45, 7) is 2.56. The van der Waals surface area contributed by atoms with E-state index in [1.165, 1.54) is 0 Å². The lowest BCUT2D eigenvalue weighted by atomic mass is 10.2. The van der Waals surface area contributed by atoms with Crippen LogP contribution in [0.2, 0.25) is 0 Å². The summed E-state index contributed by atoms with van der Waals surface area (Å²) in [5.41, 5.74) is 6.83. The molecule has 0 aliphatic heterocycles. The molecule has 0 radical (unpaired) electrons. The highest BCUT2D eigenvalue weighted by Gasteiger charge is 2.16. The van der Waals surface area contributed by atoms with Crippen LogP contribution in [0.5, 0.6) is 0 Å².